The Morgan fingerprint density at radius 3 is 2.65 bits per heavy atom. The van der Waals surface area contributed by atoms with Gasteiger partial charge in [-0.3, -0.25) is 4.79 Å². The molecular formula is C23H23N3O6S2. The highest BCUT2D eigenvalue weighted by atomic mass is 32.2. The molecule has 4 rings (SSSR count). The van der Waals surface area contributed by atoms with Gasteiger partial charge in [-0.25, -0.2) is 13.2 Å². The Balaban J connectivity index is 1.48. The number of rotatable bonds is 7. The molecule has 1 N–H and O–H groups in total. The van der Waals surface area contributed by atoms with Crippen LogP contribution in [-0.2, 0) is 32.2 Å². The molecule has 9 nitrogen and oxygen atoms in total. The fourth-order valence-corrected chi connectivity index (χ4v) is 5.90. The van der Waals surface area contributed by atoms with Crippen LogP contribution in [0.5, 0.6) is 0 Å². The number of hydrogen-bond donors (Lipinski definition) is 1. The number of carbonyl (C=O) groups excluding carboxylic acids is 2. The quantitative estimate of drug-likeness (QED) is 0.383. The fourth-order valence-electron chi connectivity index (χ4n) is 3.69. The Labute approximate surface area is 200 Å². The minimum Gasteiger partial charge on any atom is -0.465 e. The zero-order valence-corrected chi connectivity index (χ0v) is 20.1. The maximum atomic E-state index is 12.7. The van der Waals surface area contributed by atoms with Gasteiger partial charge in [-0.15, -0.1) is 16.4 Å². The number of esters is 1. The lowest BCUT2D eigenvalue weighted by Gasteiger charge is -2.07. The van der Waals surface area contributed by atoms with E-state index in [0.717, 1.165) is 41.7 Å². The summed E-state index contributed by atoms with van der Waals surface area (Å²) in [7, 11) is -2.91. The molecule has 2 heterocycles. The number of nitrogens with one attached hydrogen (secondary N) is 1. The summed E-state index contributed by atoms with van der Waals surface area (Å²) in [5, 5.41) is 9.52. The van der Waals surface area contributed by atoms with Gasteiger partial charge in [-0.2, -0.15) is 0 Å². The van der Waals surface area contributed by atoms with Crippen molar-refractivity contribution >= 4 is 50.2 Å². The maximum Gasteiger partial charge on any atom is 0.341 e. The second kappa shape index (κ2) is 10.3. The van der Waals surface area contributed by atoms with Gasteiger partial charge in [0, 0.05) is 11.0 Å². The molecule has 11 heteroatoms. The number of aromatic nitrogens is 2. The number of anilines is 1. The normalized spacial score (nSPS) is 13.9. The minimum absolute atomic E-state index is 0.00203. The lowest BCUT2D eigenvalue weighted by molar-refractivity contribution is -0.113. The monoisotopic (exact) mass is 501 g/mol. The lowest BCUT2D eigenvalue weighted by Crippen LogP contribution is -2.24. The molecule has 34 heavy (non-hydrogen) atoms. The molecule has 1 aliphatic carbocycles. The molecule has 1 aliphatic rings. The van der Waals surface area contributed by atoms with Crippen molar-refractivity contribution in [3.8, 4) is 0 Å². The van der Waals surface area contributed by atoms with E-state index >= 15 is 0 Å². The Bertz CT molecular complexity index is 1330. The highest BCUT2D eigenvalue weighted by molar-refractivity contribution is 7.91. The summed E-state index contributed by atoms with van der Waals surface area (Å²) in [6, 6.07) is 9.32. The highest BCUT2D eigenvalue weighted by Crippen LogP contribution is 2.38. The molecule has 1 aromatic carbocycles. The van der Waals surface area contributed by atoms with E-state index in [1.807, 2.05) is 30.3 Å². The third kappa shape index (κ3) is 5.42. The number of aryl methyl sites for hydroxylation is 1. The van der Waals surface area contributed by atoms with Gasteiger partial charge in [-0.05, 0) is 42.9 Å². The smallest absolute Gasteiger partial charge is 0.341 e. The van der Waals surface area contributed by atoms with Gasteiger partial charge in [0.05, 0.1) is 12.7 Å². The molecule has 2 aromatic heterocycles. The number of benzene rings is 1. The summed E-state index contributed by atoms with van der Waals surface area (Å²) >= 11 is 1.29. The van der Waals surface area contributed by atoms with Crippen LogP contribution in [0.25, 0.3) is 12.2 Å². The van der Waals surface area contributed by atoms with Crippen LogP contribution in [0.2, 0.25) is 0 Å². The molecule has 3 aromatic rings. The van der Waals surface area contributed by atoms with Gasteiger partial charge < -0.3 is 14.5 Å². The van der Waals surface area contributed by atoms with Crippen molar-refractivity contribution in [3.63, 3.8) is 0 Å². The Morgan fingerprint density at radius 2 is 1.88 bits per heavy atom. The van der Waals surface area contributed by atoms with Gasteiger partial charge in [0.15, 0.2) is 0 Å². The molecule has 0 saturated carbocycles. The number of amides is 1. The first-order chi connectivity index (χ1) is 16.4. The lowest BCUT2D eigenvalue weighted by atomic mass is 10.1. The van der Waals surface area contributed by atoms with Crippen LogP contribution >= 0.6 is 11.3 Å². The minimum atomic E-state index is -4.19. The van der Waals surface area contributed by atoms with E-state index < -0.39 is 32.7 Å². The molecular weight excluding hydrogens is 478 g/mol. The van der Waals surface area contributed by atoms with E-state index in [1.54, 1.807) is 6.08 Å². The van der Waals surface area contributed by atoms with Crippen molar-refractivity contribution in [2.45, 2.75) is 37.3 Å². The van der Waals surface area contributed by atoms with Crippen LogP contribution < -0.4 is 5.32 Å². The van der Waals surface area contributed by atoms with E-state index in [-0.39, 0.29) is 5.89 Å². The predicted octanol–water partition coefficient (Wildman–Crippen LogP) is 3.77. The van der Waals surface area contributed by atoms with Crippen molar-refractivity contribution in [1.29, 1.82) is 0 Å². The standard InChI is InChI=1S/C23H23N3O6S2/c1-31-22(28)20-16-10-6-3-7-11-17(16)33-21(20)24-18(27)14-34(29,30)23-26-25-19(32-23)13-12-15-8-4-2-5-9-15/h2,4-5,8-9,12-13H,3,6-7,10-11,14H2,1H3,(H,24,27). The molecule has 0 aliphatic heterocycles. The third-order valence-corrected chi connectivity index (χ3v) is 7.84. The number of methoxy groups -OCH3 is 1. The summed E-state index contributed by atoms with van der Waals surface area (Å²) < 4.78 is 35.5. The van der Waals surface area contributed by atoms with Crippen LogP contribution in [0.1, 0.15) is 51.5 Å². The van der Waals surface area contributed by atoms with Crippen LogP contribution in [0.3, 0.4) is 0 Å². The largest absolute Gasteiger partial charge is 0.465 e. The predicted molar refractivity (Wildman–Crippen MR) is 127 cm³/mol. The van der Waals surface area contributed by atoms with E-state index in [1.165, 1.54) is 24.5 Å². The summed E-state index contributed by atoms with van der Waals surface area (Å²) in [6.07, 6.45) is 7.70. The highest BCUT2D eigenvalue weighted by Gasteiger charge is 2.29. The number of ether oxygens (including phenoxy) is 1. The molecule has 0 unspecified atom stereocenters. The summed E-state index contributed by atoms with van der Waals surface area (Å²) in [5.41, 5.74) is 2.06. The third-order valence-electron chi connectivity index (χ3n) is 5.29. The molecule has 0 bridgehead atoms. The number of nitrogens with zero attached hydrogens (tertiary/aromatic N) is 2. The second-order valence-electron chi connectivity index (χ2n) is 7.72. The number of thiophene rings is 1. The first-order valence-corrected chi connectivity index (χ1v) is 13.2. The fraction of sp³-hybridized carbons (Fsp3) is 0.304. The van der Waals surface area contributed by atoms with Crippen LogP contribution in [0, 0.1) is 0 Å². The Morgan fingerprint density at radius 1 is 1.12 bits per heavy atom. The molecule has 178 valence electrons. The molecule has 0 fully saturated rings. The number of fused-ring (bicyclic) bond motifs is 1. The molecule has 0 atom stereocenters. The van der Waals surface area contributed by atoms with E-state index in [9.17, 15) is 18.0 Å². The summed E-state index contributed by atoms with van der Waals surface area (Å²) in [6.45, 7) is 0. The first kappa shape index (κ1) is 23.8. The maximum absolute atomic E-state index is 12.7. The molecule has 1 amide bonds. The summed E-state index contributed by atoms with van der Waals surface area (Å²) in [5.74, 6) is -2.26. The molecule has 0 spiro atoms. The summed E-state index contributed by atoms with van der Waals surface area (Å²) in [4.78, 5) is 26.0. The second-order valence-corrected chi connectivity index (χ2v) is 10.7. The number of carbonyl (C=O) groups is 2. The van der Waals surface area contributed by atoms with Crippen LogP contribution in [0.15, 0.2) is 40.0 Å². The zero-order chi connectivity index (χ0) is 24.1. The first-order valence-electron chi connectivity index (χ1n) is 10.7. The van der Waals surface area contributed by atoms with E-state index in [0.29, 0.717) is 17.0 Å². The van der Waals surface area contributed by atoms with Gasteiger partial charge in [0.2, 0.25) is 21.6 Å². The molecule has 0 saturated heterocycles. The average molecular weight is 502 g/mol. The van der Waals surface area contributed by atoms with Crippen molar-refractivity contribution in [2.75, 3.05) is 18.2 Å². The van der Waals surface area contributed by atoms with Gasteiger partial charge >= 0.3 is 11.2 Å². The van der Waals surface area contributed by atoms with Crippen LogP contribution in [0.4, 0.5) is 5.00 Å². The number of hydrogen-bond acceptors (Lipinski definition) is 9. The topological polar surface area (TPSA) is 128 Å². The van der Waals surface area contributed by atoms with Gasteiger partial charge in [0.25, 0.3) is 0 Å². The van der Waals surface area contributed by atoms with Gasteiger partial charge in [0.1, 0.15) is 10.8 Å². The molecule has 0 radical (unpaired) electrons. The van der Waals surface area contributed by atoms with Gasteiger partial charge in [-0.1, -0.05) is 41.9 Å². The van der Waals surface area contributed by atoms with E-state index in [4.69, 9.17) is 9.15 Å². The van der Waals surface area contributed by atoms with Crippen molar-refractivity contribution < 1.29 is 27.2 Å². The Kier molecular flexibility index (Phi) is 7.23. The zero-order valence-electron chi connectivity index (χ0n) is 18.4. The SMILES string of the molecule is COC(=O)c1c(NC(=O)CS(=O)(=O)c2nnc(C=Cc3ccccc3)o2)sc2c1CCCCC2. The van der Waals surface area contributed by atoms with Crippen molar-refractivity contribution in [2.24, 2.45) is 0 Å². The van der Waals surface area contributed by atoms with E-state index in [2.05, 4.69) is 15.5 Å². The van der Waals surface area contributed by atoms with Crippen molar-refractivity contribution in [1.82, 2.24) is 10.2 Å². The average Bonchev–Trinajstić information content (AvgIpc) is 3.36. The number of sulfone groups is 1. The van der Waals surface area contributed by atoms with Crippen LogP contribution in [-0.4, -0.2) is 43.4 Å². The Hall–Kier alpha value is -3.31. The van der Waals surface area contributed by atoms with Crippen molar-refractivity contribution in [3.05, 3.63) is 57.8 Å².